The summed E-state index contributed by atoms with van der Waals surface area (Å²) in [4.78, 5) is 11.8. The molecule has 4 bridgehead atoms. The molecule has 0 aromatic rings. The van der Waals surface area contributed by atoms with Gasteiger partial charge in [0.2, 0.25) is 0 Å². The van der Waals surface area contributed by atoms with Crippen LogP contribution in [-0.4, -0.2) is 30.9 Å². The quantitative estimate of drug-likeness (QED) is 0.522. The van der Waals surface area contributed by atoms with Crippen molar-refractivity contribution >= 4 is 5.97 Å². The van der Waals surface area contributed by atoms with Crippen LogP contribution in [0, 0.1) is 28.6 Å². The minimum atomic E-state index is -0.801. The summed E-state index contributed by atoms with van der Waals surface area (Å²) >= 11 is 0. The number of carboxylic acids is 1. The van der Waals surface area contributed by atoms with Gasteiger partial charge in [0.15, 0.2) is 0 Å². The highest BCUT2D eigenvalue weighted by atomic mass is 16.5. The van der Waals surface area contributed by atoms with Gasteiger partial charge in [0.05, 0.1) is 37.1 Å². The molecule has 0 radical (unpaired) electrons. The van der Waals surface area contributed by atoms with Crippen LogP contribution in [0.4, 0.5) is 0 Å². The summed E-state index contributed by atoms with van der Waals surface area (Å²) in [5.74, 6) is 1.75. The number of ether oxygens (including phenoxy) is 2. The van der Waals surface area contributed by atoms with Crippen LogP contribution in [0.25, 0.3) is 0 Å². The topological polar surface area (TPSA) is 55.8 Å². The fourth-order valence-corrected chi connectivity index (χ4v) is 6.62. The Morgan fingerprint density at radius 1 is 1.16 bits per heavy atom. The van der Waals surface area contributed by atoms with Crippen molar-refractivity contribution in [1.82, 2.24) is 0 Å². The summed E-state index contributed by atoms with van der Waals surface area (Å²) in [6.45, 7) is 4.24. The van der Waals surface area contributed by atoms with E-state index in [4.69, 9.17) is 9.47 Å². The first-order chi connectivity index (χ1) is 12.0. The Labute approximate surface area is 151 Å². The molecule has 5 rings (SSSR count). The van der Waals surface area contributed by atoms with Gasteiger partial charge in [-0.25, -0.2) is 4.79 Å². The van der Waals surface area contributed by atoms with Gasteiger partial charge in [-0.2, -0.15) is 0 Å². The molecular weight excluding hydrogens is 316 g/mol. The van der Waals surface area contributed by atoms with Gasteiger partial charge in [-0.1, -0.05) is 13.3 Å². The maximum atomic E-state index is 11.8. The first-order valence-electron chi connectivity index (χ1n) is 10.1. The molecule has 5 fully saturated rings. The minimum Gasteiger partial charge on any atom is -0.500 e. The maximum absolute atomic E-state index is 11.8. The van der Waals surface area contributed by atoms with Gasteiger partial charge in [0.25, 0.3) is 0 Å². The zero-order valence-electron chi connectivity index (χ0n) is 15.5. The number of hydrogen-bond donors (Lipinski definition) is 1. The van der Waals surface area contributed by atoms with Gasteiger partial charge in [-0.05, 0) is 74.5 Å². The molecular formula is C21H32O4. The number of hydrogen-bond acceptors (Lipinski definition) is 3. The number of carboxylic acid groups (broad SMARTS) is 1. The molecule has 0 unspecified atom stereocenters. The van der Waals surface area contributed by atoms with Crippen LogP contribution in [0.2, 0.25) is 0 Å². The molecule has 1 N–H and O–H groups in total. The highest BCUT2D eigenvalue weighted by Gasteiger charge is 2.51. The molecule has 1 aliphatic heterocycles. The normalized spacial score (nSPS) is 38.4. The molecule has 25 heavy (non-hydrogen) atoms. The lowest BCUT2D eigenvalue weighted by atomic mass is 9.48. The van der Waals surface area contributed by atoms with Crippen molar-refractivity contribution in [3.8, 4) is 0 Å². The fourth-order valence-electron chi connectivity index (χ4n) is 6.62. The van der Waals surface area contributed by atoms with Gasteiger partial charge in [0.1, 0.15) is 0 Å². The van der Waals surface area contributed by atoms with Crippen molar-refractivity contribution in [2.75, 3.05) is 19.8 Å². The lowest BCUT2D eigenvalue weighted by Crippen LogP contribution is -2.46. The summed E-state index contributed by atoms with van der Waals surface area (Å²) in [5, 5.41) is 9.71. The van der Waals surface area contributed by atoms with Crippen LogP contribution in [0.5, 0.6) is 0 Å². The van der Waals surface area contributed by atoms with E-state index in [9.17, 15) is 9.90 Å². The minimum absolute atomic E-state index is 0.107. The second-order valence-electron chi connectivity index (χ2n) is 9.60. The second kappa shape index (κ2) is 6.61. The molecule has 0 aromatic carbocycles. The van der Waals surface area contributed by atoms with Gasteiger partial charge >= 0.3 is 5.97 Å². The molecule has 4 nitrogen and oxygen atoms in total. The Hall–Kier alpha value is -1.03. The van der Waals surface area contributed by atoms with E-state index in [1.54, 1.807) is 6.26 Å². The van der Waals surface area contributed by atoms with E-state index in [1.807, 2.05) is 0 Å². The molecule has 4 heteroatoms. The first kappa shape index (κ1) is 17.4. The van der Waals surface area contributed by atoms with E-state index in [-0.39, 0.29) is 10.8 Å². The van der Waals surface area contributed by atoms with Crippen molar-refractivity contribution in [3.63, 3.8) is 0 Å². The molecule has 1 heterocycles. The molecule has 0 spiro atoms. The van der Waals surface area contributed by atoms with E-state index in [0.717, 1.165) is 43.8 Å². The number of rotatable bonds is 8. The zero-order valence-corrected chi connectivity index (χ0v) is 15.5. The van der Waals surface area contributed by atoms with Gasteiger partial charge in [-0.3, -0.25) is 0 Å². The SMILES string of the molecule is CCCC1(COC=C(CC23CC4CC(CC(C4)C2)C3)C(=O)O)COC1. The highest BCUT2D eigenvalue weighted by Crippen LogP contribution is 2.62. The van der Waals surface area contributed by atoms with Crippen molar-refractivity contribution < 1.29 is 19.4 Å². The lowest BCUT2D eigenvalue weighted by molar-refractivity contribution is -0.143. The third kappa shape index (κ3) is 3.47. The van der Waals surface area contributed by atoms with E-state index in [1.165, 1.54) is 38.5 Å². The summed E-state index contributed by atoms with van der Waals surface area (Å²) in [6, 6.07) is 0. The van der Waals surface area contributed by atoms with Crippen LogP contribution in [0.3, 0.4) is 0 Å². The van der Waals surface area contributed by atoms with Crippen LogP contribution >= 0.6 is 0 Å². The van der Waals surface area contributed by atoms with E-state index >= 15 is 0 Å². The van der Waals surface area contributed by atoms with Gasteiger partial charge < -0.3 is 14.6 Å². The Bertz CT molecular complexity index is 511. The van der Waals surface area contributed by atoms with Crippen LogP contribution < -0.4 is 0 Å². The van der Waals surface area contributed by atoms with Crippen LogP contribution in [-0.2, 0) is 14.3 Å². The predicted octanol–water partition coefficient (Wildman–Crippen LogP) is 4.39. The smallest absolute Gasteiger partial charge is 0.334 e. The third-order valence-electron chi connectivity index (χ3n) is 7.22. The zero-order chi connectivity index (χ0) is 17.5. The van der Waals surface area contributed by atoms with Crippen LogP contribution in [0.15, 0.2) is 11.8 Å². The van der Waals surface area contributed by atoms with Crippen LogP contribution in [0.1, 0.15) is 64.7 Å². The third-order valence-corrected chi connectivity index (χ3v) is 7.22. The maximum Gasteiger partial charge on any atom is 0.334 e. The Morgan fingerprint density at radius 2 is 1.76 bits per heavy atom. The highest BCUT2D eigenvalue weighted by molar-refractivity contribution is 5.86. The molecule has 0 aromatic heterocycles. The summed E-state index contributed by atoms with van der Waals surface area (Å²) in [5.41, 5.74) is 0.826. The molecule has 0 amide bonds. The monoisotopic (exact) mass is 348 g/mol. The van der Waals surface area contributed by atoms with E-state index in [0.29, 0.717) is 18.6 Å². The van der Waals surface area contributed by atoms with Crippen molar-refractivity contribution in [2.45, 2.75) is 64.7 Å². The molecule has 140 valence electrons. The van der Waals surface area contributed by atoms with E-state index in [2.05, 4.69) is 6.92 Å². The van der Waals surface area contributed by atoms with Crippen molar-refractivity contribution in [3.05, 3.63) is 11.8 Å². The summed E-state index contributed by atoms with van der Waals surface area (Å²) in [6.07, 6.45) is 12.3. The first-order valence-corrected chi connectivity index (χ1v) is 10.1. The van der Waals surface area contributed by atoms with Gasteiger partial charge in [-0.15, -0.1) is 0 Å². The molecule has 5 aliphatic rings. The average molecular weight is 348 g/mol. The largest absolute Gasteiger partial charge is 0.500 e. The molecule has 4 saturated carbocycles. The summed E-state index contributed by atoms with van der Waals surface area (Å²) in [7, 11) is 0. The Balaban J connectivity index is 1.40. The Morgan fingerprint density at radius 3 is 2.20 bits per heavy atom. The fraction of sp³-hybridized carbons (Fsp3) is 0.857. The standard InChI is InChI=1S/C21H32O4/c1-2-3-20(13-25-14-20)12-24-11-18(19(22)23)10-21-7-15-4-16(8-21)6-17(5-15)9-21/h11,15-17H,2-10,12-14H2,1H3,(H,22,23). The average Bonchev–Trinajstić information content (AvgIpc) is 2.49. The molecule has 0 atom stereocenters. The van der Waals surface area contributed by atoms with Crippen molar-refractivity contribution in [1.29, 1.82) is 0 Å². The number of aliphatic carboxylic acids is 1. The number of carbonyl (C=O) groups is 1. The van der Waals surface area contributed by atoms with Gasteiger partial charge in [0, 0.05) is 0 Å². The summed E-state index contributed by atoms with van der Waals surface area (Å²) < 4.78 is 11.2. The predicted molar refractivity (Wildman–Crippen MR) is 95.1 cm³/mol. The van der Waals surface area contributed by atoms with E-state index < -0.39 is 5.97 Å². The van der Waals surface area contributed by atoms with Crippen molar-refractivity contribution in [2.24, 2.45) is 28.6 Å². The second-order valence-corrected chi connectivity index (χ2v) is 9.60. The molecule has 1 saturated heterocycles. The lowest BCUT2D eigenvalue weighted by Gasteiger charge is -2.57. The molecule has 4 aliphatic carbocycles. The Kier molecular flexibility index (Phi) is 4.59.